The summed E-state index contributed by atoms with van der Waals surface area (Å²) in [7, 11) is 1.48. The minimum absolute atomic E-state index is 0.0765. The summed E-state index contributed by atoms with van der Waals surface area (Å²) < 4.78 is 2.17. The van der Waals surface area contributed by atoms with E-state index in [9.17, 15) is 9.59 Å². The smallest absolute Gasteiger partial charge is 0.351 e. The van der Waals surface area contributed by atoms with Crippen LogP contribution in [-0.2, 0) is 18.5 Å². The minimum Gasteiger partial charge on any atom is -0.390 e. The largest absolute Gasteiger partial charge is 0.390 e. The van der Waals surface area contributed by atoms with E-state index in [0.29, 0.717) is 22.0 Å². The Balaban J connectivity index is 1.76. The highest BCUT2D eigenvalue weighted by Gasteiger charge is 2.12. The molecule has 8 heteroatoms. The SMILES string of the molecule is C/C(C#Cc1cccc(Cl)c1)=N\OCc1ccccc1-n1c(=O)[nH]n(C)c1=O. The summed E-state index contributed by atoms with van der Waals surface area (Å²) in [6.07, 6.45) is 0. The summed E-state index contributed by atoms with van der Waals surface area (Å²) in [5.74, 6) is 5.83. The Hall–Kier alpha value is -3.50. The molecule has 28 heavy (non-hydrogen) atoms. The predicted octanol–water partition coefficient (Wildman–Crippen LogP) is 2.46. The molecule has 0 aliphatic rings. The summed E-state index contributed by atoms with van der Waals surface area (Å²) in [6, 6.07) is 14.2. The first-order valence-corrected chi connectivity index (χ1v) is 8.74. The van der Waals surface area contributed by atoms with Crippen molar-refractivity contribution in [1.29, 1.82) is 0 Å². The van der Waals surface area contributed by atoms with Crippen molar-refractivity contribution in [2.75, 3.05) is 0 Å². The number of oxime groups is 1. The van der Waals surface area contributed by atoms with Crippen molar-refractivity contribution in [2.45, 2.75) is 13.5 Å². The number of aromatic amines is 1. The molecule has 0 unspecified atom stereocenters. The molecule has 0 saturated heterocycles. The topological polar surface area (TPSA) is 81.4 Å². The zero-order valence-electron chi connectivity index (χ0n) is 15.3. The number of hydrogen-bond acceptors (Lipinski definition) is 4. The average Bonchev–Trinajstić information content (AvgIpc) is 2.92. The first kappa shape index (κ1) is 19.3. The Kier molecular flexibility index (Phi) is 5.82. The van der Waals surface area contributed by atoms with Gasteiger partial charge in [-0.05, 0) is 37.1 Å². The van der Waals surface area contributed by atoms with Crippen molar-refractivity contribution in [3.63, 3.8) is 0 Å². The van der Waals surface area contributed by atoms with Gasteiger partial charge in [-0.1, -0.05) is 46.9 Å². The van der Waals surface area contributed by atoms with Gasteiger partial charge in [0.15, 0.2) is 0 Å². The molecule has 0 aliphatic heterocycles. The van der Waals surface area contributed by atoms with Crippen LogP contribution in [0.15, 0.2) is 63.3 Å². The van der Waals surface area contributed by atoms with Crippen molar-refractivity contribution < 1.29 is 4.84 Å². The van der Waals surface area contributed by atoms with Crippen molar-refractivity contribution in [3.05, 3.63) is 85.6 Å². The van der Waals surface area contributed by atoms with Crippen molar-refractivity contribution in [3.8, 4) is 17.5 Å². The normalized spacial score (nSPS) is 11.0. The first-order valence-electron chi connectivity index (χ1n) is 8.36. The molecule has 0 spiro atoms. The van der Waals surface area contributed by atoms with Crippen LogP contribution in [0.1, 0.15) is 18.1 Å². The van der Waals surface area contributed by atoms with E-state index in [1.54, 1.807) is 43.3 Å². The zero-order valence-corrected chi connectivity index (χ0v) is 16.0. The standard InChI is InChI=1S/C20H17ClN4O3/c1-14(10-11-15-6-5-8-17(21)12-15)23-28-13-16-7-3-4-9-18(16)25-19(26)22-24(2)20(25)27/h3-9,12H,13H2,1-2H3,(H,22,26)/b23-14+. The van der Waals surface area contributed by atoms with Crippen LogP contribution in [0.3, 0.4) is 0 Å². The lowest BCUT2D eigenvalue weighted by molar-refractivity contribution is 0.130. The fourth-order valence-corrected chi connectivity index (χ4v) is 2.68. The fraction of sp³-hybridized carbons (Fsp3) is 0.150. The van der Waals surface area contributed by atoms with Crippen LogP contribution in [0, 0.1) is 11.8 Å². The molecule has 2 aromatic carbocycles. The van der Waals surface area contributed by atoms with E-state index in [2.05, 4.69) is 22.1 Å². The summed E-state index contributed by atoms with van der Waals surface area (Å²) in [5, 5.41) is 7.01. The van der Waals surface area contributed by atoms with Crippen LogP contribution in [0.2, 0.25) is 5.02 Å². The average molecular weight is 397 g/mol. The van der Waals surface area contributed by atoms with Gasteiger partial charge in [0.05, 0.1) is 5.69 Å². The van der Waals surface area contributed by atoms with E-state index in [-0.39, 0.29) is 6.61 Å². The second-order valence-corrected chi connectivity index (χ2v) is 6.37. The molecule has 0 bridgehead atoms. The van der Waals surface area contributed by atoms with Gasteiger partial charge in [0.2, 0.25) is 0 Å². The number of aryl methyl sites for hydroxylation is 1. The number of nitrogens with zero attached hydrogens (tertiary/aromatic N) is 3. The molecule has 0 radical (unpaired) electrons. The van der Waals surface area contributed by atoms with Gasteiger partial charge in [0.25, 0.3) is 0 Å². The third-order valence-corrected chi connectivity index (χ3v) is 4.05. The van der Waals surface area contributed by atoms with Gasteiger partial charge in [0, 0.05) is 23.2 Å². The fourth-order valence-electron chi connectivity index (χ4n) is 2.49. The molecule has 1 heterocycles. The molecule has 0 aliphatic carbocycles. The Bertz CT molecular complexity index is 1210. The Morgan fingerprint density at radius 3 is 2.71 bits per heavy atom. The van der Waals surface area contributed by atoms with E-state index in [1.165, 1.54) is 7.05 Å². The molecule has 0 atom stereocenters. The third-order valence-electron chi connectivity index (χ3n) is 3.81. The maximum Gasteiger partial charge on any atom is 0.351 e. The molecule has 1 aromatic heterocycles. The van der Waals surface area contributed by atoms with E-state index in [0.717, 1.165) is 14.8 Å². The van der Waals surface area contributed by atoms with Crippen molar-refractivity contribution in [2.24, 2.45) is 12.2 Å². The van der Waals surface area contributed by atoms with Crippen LogP contribution in [0.4, 0.5) is 0 Å². The summed E-state index contributed by atoms with van der Waals surface area (Å²) in [4.78, 5) is 29.6. The van der Waals surface area contributed by atoms with Gasteiger partial charge < -0.3 is 4.84 Å². The molecule has 3 aromatic rings. The van der Waals surface area contributed by atoms with Gasteiger partial charge in [0.1, 0.15) is 12.3 Å². The number of rotatable bonds is 4. The van der Waals surface area contributed by atoms with Crippen molar-refractivity contribution in [1.82, 2.24) is 14.3 Å². The summed E-state index contributed by atoms with van der Waals surface area (Å²) >= 11 is 5.93. The van der Waals surface area contributed by atoms with Gasteiger partial charge in [-0.3, -0.25) is 0 Å². The third kappa shape index (κ3) is 4.42. The molecule has 0 fully saturated rings. The quantitative estimate of drug-likeness (QED) is 0.418. The van der Waals surface area contributed by atoms with Crippen LogP contribution >= 0.6 is 11.6 Å². The molecule has 0 saturated carbocycles. The van der Waals surface area contributed by atoms with E-state index >= 15 is 0 Å². The lowest BCUT2D eigenvalue weighted by Crippen LogP contribution is -2.27. The number of nitrogens with one attached hydrogen (secondary N) is 1. The monoisotopic (exact) mass is 396 g/mol. The molecular formula is C20H17ClN4O3. The van der Waals surface area contributed by atoms with Gasteiger partial charge in [-0.2, -0.15) is 0 Å². The van der Waals surface area contributed by atoms with Crippen LogP contribution in [0.25, 0.3) is 5.69 Å². The van der Waals surface area contributed by atoms with Crippen LogP contribution in [0.5, 0.6) is 0 Å². The maximum atomic E-state index is 12.2. The number of halogens is 1. The molecule has 142 valence electrons. The Morgan fingerprint density at radius 2 is 2.00 bits per heavy atom. The number of hydrogen-bond donors (Lipinski definition) is 1. The molecule has 1 N–H and O–H groups in total. The van der Waals surface area contributed by atoms with E-state index in [4.69, 9.17) is 16.4 Å². The van der Waals surface area contributed by atoms with Crippen molar-refractivity contribution >= 4 is 17.3 Å². The molecule has 0 amide bonds. The second kappa shape index (κ2) is 8.46. The van der Waals surface area contributed by atoms with Crippen LogP contribution in [-0.4, -0.2) is 20.1 Å². The number of H-pyrrole nitrogens is 1. The molecule has 7 nitrogen and oxygen atoms in total. The highest BCUT2D eigenvalue weighted by Crippen LogP contribution is 2.13. The number of para-hydroxylation sites is 1. The lowest BCUT2D eigenvalue weighted by Gasteiger charge is -2.07. The van der Waals surface area contributed by atoms with Gasteiger partial charge in [-0.15, -0.1) is 0 Å². The van der Waals surface area contributed by atoms with Gasteiger partial charge in [-0.25, -0.2) is 23.9 Å². The Labute approximate surface area is 165 Å². The lowest BCUT2D eigenvalue weighted by atomic mass is 10.2. The summed E-state index contributed by atoms with van der Waals surface area (Å²) in [6.45, 7) is 1.79. The highest BCUT2D eigenvalue weighted by molar-refractivity contribution is 6.30. The first-order chi connectivity index (χ1) is 13.5. The highest BCUT2D eigenvalue weighted by atomic mass is 35.5. The van der Waals surface area contributed by atoms with E-state index in [1.807, 2.05) is 12.1 Å². The minimum atomic E-state index is -0.521. The second-order valence-electron chi connectivity index (χ2n) is 5.93. The van der Waals surface area contributed by atoms with Gasteiger partial charge >= 0.3 is 11.4 Å². The number of aromatic nitrogens is 3. The van der Waals surface area contributed by atoms with Crippen LogP contribution < -0.4 is 11.4 Å². The Morgan fingerprint density at radius 1 is 1.21 bits per heavy atom. The summed E-state index contributed by atoms with van der Waals surface area (Å²) in [5.41, 5.74) is 1.34. The molecular weight excluding hydrogens is 380 g/mol. The number of benzene rings is 2. The molecule has 3 rings (SSSR count). The predicted molar refractivity (Wildman–Crippen MR) is 108 cm³/mol. The zero-order chi connectivity index (χ0) is 20.1. The van der Waals surface area contributed by atoms with E-state index < -0.39 is 11.4 Å². The maximum absolute atomic E-state index is 12.2.